The molecule has 0 aliphatic carbocycles. The van der Waals surface area contributed by atoms with Crippen molar-refractivity contribution in [2.45, 2.75) is 38.7 Å². The number of aromatic nitrogens is 2. The quantitative estimate of drug-likeness (QED) is 0.828. The summed E-state index contributed by atoms with van der Waals surface area (Å²) in [6.45, 7) is 2.66. The van der Waals surface area contributed by atoms with Crippen LogP contribution in [-0.4, -0.2) is 28.3 Å². The van der Waals surface area contributed by atoms with Gasteiger partial charge >= 0.3 is 0 Å². The second-order valence-corrected chi connectivity index (χ2v) is 4.89. The summed E-state index contributed by atoms with van der Waals surface area (Å²) in [7, 11) is 1.78. The van der Waals surface area contributed by atoms with E-state index in [9.17, 15) is 4.79 Å². The van der Waals surface area contributed by atoms with Crippen LogP contribution in [0.5, 0.6) is 0 Å². The Labute approximate surface area is 106 Å². The van der Waals surface area contributed by atoms with Crippen molar-refractivity contribution in [2.75, 3.05) is 6.61 Å². The lowest BCUT2D eigenvalue weighted by molar-refractivity contribution is -0.120. The summed E-state index contributed by atoms with van der Waals surface area (Å²) >= 11 is 6.09. The molecule has 0 radical (unpaired) electrons. The molecule has 0 saturated carbocycles. The summed E-state index contributed by atoms with van der Waals surface area (Å²) in [5, 5.41) is 4.76. The first-order valence-corrected chi connectivity index (χ1v) is 6.27. The molecule has 1 saturated heterocycles. The molecule has 4 nitrogen and oxygen atoms in total. The van der Waals surface area contributed by atoms with Crippen molar-refractivity contribution in [2.24, 2.45) is 7.05 Å². The lowest BCUT2D eigenvalue weighted by Gasteiger charge is -2.07. The van der Waals surface area contributed by atoms with Crippen molar-refractivity contribution in [3.8, 4) is 0 Å². The average Bonchev–Trinajstić information content (AvgIpc) is 2.83. The summed E-state index contributed by atoms with van der Waals surface area (Å²) in [6.07, 6.45) is 3.01. The standard InChI is InChI=1S/C12H17ClN2O2/c1-8-11(12(13)15(2)14-8)7-9(16)6-10-4-3-5-17-10/h10H,3-7H2,1-2H3. The fourth-order valence-corrected chi connectivity index (χ4v) is 2.44. The summed E-state index contributed by atoms with van der Waals surface area (Å²) in [5.74, 6) is 0.176. The smallest absolute Gasteiger partial charge is 0.140 e. The Morgan fingerprint density at radius 2 is 2.41 bits per heavy atom. The van der Waals surface area contributed by atoms with Gasteiger partial charge in [-0.3, -0.25) is 9.48 Å². The minimum absolute atomic E-state index is 0.109. The third kappa shape index (κ3) is 2.87. The van der Waals surface area contributed by atoms with Crippen LogP contribution in [0.4, 0.5) is 0 Å². The summed E-state index contributed by atoms with van der Waals surface area (Å²) in [6, 6.07) is 0. The Bertz CT molecular complexity index is 422. The first kappa shape index (κ1) is 12.6. The first-order valence-electron chi connectivity index (χ1n) is 5.89. The van der Waals surface area contributed by atoms with E-state index in [0.29, 0.717) is 18.0 Å². The molecule has 0 amide bonds. The molecule has 1 aromatic heterocycles. The van der Waals surface area contributed by atoms with Crippen LogP contribution in [0.15, 0.2) is 0 Å². The Kier molecular flexibility index (Phi) is 3.84. The van der Waals surface area contributed by atoms with E-state index in [-0.39, 0.29) is 11.9 Å². The predicted octanol–water partition coefficient (Wildman–Crippen LogP) is 2.06. The van der Waals surface area contributed by atoms with Crippen LogP contribution in [0.1, 0.15) is 30.5 Å². The lowest BCUT2D eigenvalue weighted by atomic mass is 10.0. The van der Waals surface area contributed by atoms with E-state index in [0.717, 1.165) is 30.7 Å². The fraction of sp³-hybridized carbons (Fsp3) is 0.667. The van der Waals surface area contributed by atoms with E-state index in [2.05, 4.69) is 5.10 Å². The molecule has 1 aliphatic rings. The molecular weight excluding hydrogens is 240 g/mol. The molecule has 2 heterocycles. The number of hydrogen-bond acceptors (Lipinski definition) is 3. The average molecular weight is 257 g/mol. The van der Waals surface area contributed by atoms with Gasteiger partial charge in [0.1, 0.15) is 10.9 Å². The molecule has 94 valence electrons. The van der Waals surface area contributed by atoms with Crippen LogP contribution < -0.4 is 0 Å². The summed E-state index contributed by atoms with van der Waals surface area (Å²) in [5.41, 5.74) is 1.68. The van der Waals surface area contributed by atoms with Gasteiger partial charge in [-0.15, -0.1) is 0 Å². The molecule has 0 bridgehead atoms. The number of ether oxygens (including phenoxy) is 1. The van der Waals surface area contributed by atoms with Crippen molar-refractivity contribution < 1.29 is 9.53 Å². The highest BCUT2D eigenvalue weighted by molar-refractivity contribution is 6.30. The molecule has 0 N–H and O–H groups in total. The monoisotopic (exact) mass is 256 g/mol. The molecule has 2 rings (SSSR count). The minimum Gasteiger partial charge on any atom is -0.378 e. The van der Waals surface area contributed by atoms with Crippen LogP contribution in [0, 0.1) is 6.92 Å². The Balaban J connectivity index is 1.97. The van der Waals surface area contributed by atoms with Gasteiger partial charge in [0.2, 0.25) is 0 Å². The fourth-order valence-electron chi connectivity index (χ4n) is 2.20. The van der Waals surface area contributed by atoms with Crippen LogP contribution in [0.3, 0.4) is 0 Å². The number of rotatable bonds is 4. The summed E-state index contributed by atoms with van der Waals surface area (Å²) < 4.78 is 7.06. The normalized spacial score (nSPS) is 19.8. The predicted molar refractivity (Wildman–Crippen MR) is 65.3 cm³/mol. The molecule has 0 spiro atoms. The number of hydrogen-bond donors (Lipinski definition) is 0. The molecule has 5 heteroatoms. The second kappa shape index (κ2) is 5.19. The van der Waals surface area contributed by atoms with Crippen LogP contribution in [0.25, 0.3) is 0 Å². The third-order valence-electron chi connectivity index (χ3n) is 3.12. The highest BCUT2D eigenvalue weighted by atomic mass is 35.5. The Morgan fingerprint density at radius 3 is 2.94 bits per heavy atom. The maximum absolute atomic E-state index is 11.9. The number of nitrogens with zero attached hydrogens (tertiary/aromatic N) is 2. The van der Waals surface area contributed by atoms with Crippen molar-refractivity contribution in [3.63, 3.8) is 0 Å². The number of halogens is 1. The molecule has 1 unspecified atom stereocenters. The Morgan fingerprint density at radius 1 is 1.65 bits per heavy atom. The molecule has 1 aromatic rings. The van der Waals surface area contributed by atoms with Gasteiger partial charge in [-0.05, 0) is 19.8 Å². The second-order valence-electron chi connectivity index (χ2n) is 4.53. The Hall–Kier alpha value is -0.870. The van der Waals surface area contributed by atoms with E-state index in [4.69, 9.17) is 16.3 Å². The zero-order valence-electron chi connectivity index (χ0n) is 10.2. The SMILES string of the molecule is Cc1nn(C)c(Cl)c1CC(=O)CC1CCCO1. The largest absolute Gasteiger partial charge is 0.378 e. The molecule has 17 heavy (non-hydrogen) atoms. The van der Waals surface area contributed by atoms with Crippen molar-refractivity contribution >= 4 is 17.4 Å². The minimum atomic E-state index is 0.109. The lowest BCUT2D eigenvalue weighted by Crippen LogP contribution is -2.14. The molecule has 1 fully saturated rings. The van der Waals surface area contributed by atoms with Crippen LogP contribution >= 0.6 is 11.6 Å². The third-order valence-corrected chi connectivity index (χ3v) is 3.60. The summed E-state index contributed by atoms with van der Waals surface area (Å²) in [4.78, 5) is 11.9. The van der Waals surface area contributed by atoms with E-state index in [1.807, 2.05) is 6.92 Å². The van der Waals surface area contributed by atoms with E-state index >= 15 is 0 Å². The number of aryl methyl sites for hydroxylation is 2. The highest BCUT2D eigenvalue weighted by Crippen LogP contribution is 2.21. The number of carbonyl (C=O) groups excluding carboxylic acids is 1. The van der Waals surface area contributed by atoms with E-state index in [1.54, 1.807) is 11.7 Å². The maximum Gasteiger partial charge on any atom is 0.140 e. The van der Waals surface area contributed by atoms with E-state index in [1.165, 1.54) is 0 Å². The first-order chi connectivity index (χ1) is 8.08. The number of ketones is 1. The molecule has 1 atom stereocenters. The topological polar surface area (TPSA) is 44.1 Å². The van der Waals surface area contributed by atoms with Crippen molar-refractivity contribution in [1.29, 1.82) is 0 Å². The van der Waals surface area contributed by atoms with Gasteiger partial charge in [0.05, 0.1) is 11.8 Å². The van der Waals surface area contributed by atoms with Gasteiger partial charge in [0, 0.05) is 32.1 Å². The van der Waals surface area contributed by atoms with Gasteiger partial charge in [0.15, 0.2) is 0 Å². The van der Waals surface area contributed by atoms with Crippen molar-refractivity contribution in [3.05, 3.63) is 16.4 Å². The molecule has 1 aliphatic heterocycles. The number of Topliss-reactive ketones (excluding diaryl/α,β-unsaturated/α-hetero) is 1. The maximum atomic E-state index is 11.9. The highest BCUT2D eigenvalue weighted by Gasteiger charge is 2.21. The number of carbonyl (C=O) groups is 1. The van der Waals surface area contributed by atoms with Gasteiger partial charge in [0.25, 0.3) is 0 Å². The zero-order chi connectivity index (χ0) is 12.4. The zero-order valence-corrected chi connectivity index (χ0v) is 11.0. The van der Waals surface area contributed by atoms with Crippen molar-refractivity contribution in [1.82, 2.24) is 9.78 Å². The van der Waals surface area contributed by atoms with Gasteiger partial charge in [-0.1, -0.05) is 11.6 Å². The molecule has 0 aromatic carbocycles. The van der Waals surface area contributed by atoms with Crippen LogP contribution in [0.2, 0.25) is 5.15 Å². The molecular formula is C12H17ClN2O2. The van der Waals surface area contributed by atoms with Gasteiger partial charge in [-0.25, -0.2) is 0 Å². The van der Waals surface area contributed by atoms with E-state index < -0.39 is 0 Å². The van der Waals surface area contributed by atoms with Gasteiger partial charge in [-0.2, -0.15) is 5.10 Å². The van der Waals surface area contributed by atoms with Gasteiger partial charge < -0.3 is 4.74 Å². The van der Waals surface area contributed by atoms with Crippen LogP contribution in [-0.2, 0) is 23.0 Å².